The number of hydrogen-bond acceptors (Lipinski definition) is 7. The molecule has 1 amide bonds. The number of amides is 1. The van der Waals surface area contributed by atoms with Crippen molar-refractivity contribution in [3.05, 3.63) is 58.3 Å². The van der Waals surface area contributed by atoms with Crippen molar-refractivity contribution in [3.63, 3.8) is 0 Å². The number of carbonyl (C=O) groups excluding carboxylic acids is 1. The third-order valence-electron chi connectivity index (χ3n) is 5.30. The zero-order valence-electron chi connectivity index (χ0n) is 16.7. The van der Waals surface area contributed by atoms with Crippen LogP contribution in [0, 0.1) is 5.41 Å². The number of rotatable bonds is 7. The van der Waals surface area contributed by atoms with Gasteiger partial charge in [0.1, 0.15) is 11.7 Å². The number of nitrogens with one attached hydrogen (secondary N) is 2. The van der Waals surface area contributed by atoms with Crippen LogP contribution in [0.2, 0.25) is 0 Å². The Morgan fingerprint density at radius 2 is 1.97 bits per heavy atom. The fraction of sp³-hybridized carbons (Fsp3) is 0.238. The SMILES string of the molecule is N=C(N)c1cc(CN2CC[C@H](NCS(=O)(=O)c3ccc4ccc(N)cc4c3)C2=O)cs1. The second-order valence-corrected chi connectivity index (χ2v) is 10.5. The van der Waals surface area contributed by atoms with Gasteiger partial charge in [0.2, 0.25) is 5.91 Å². The summed E-state index contributed by atoms with van der Waals surface area (Å²) in [5, 5.41) is 13.9. The molecule has 162 valence electrons. The fourth-order valence-corrected chi connectivity index (χ4v) is 5.57. The van der Waals surface area contributed by atoms with E-state index in [2.05, 4.69) is 5.32 Å². The largest absolute Gasteiger partial charge is 0.399 e. The minimum atomic E-state index is -3.62. The molecule has 1 fully saturated rings. The molecule has 3 aromatic rings. The number of carbonyl (C=O) groups is 1. The topological polar surface area (TPSA) is 142 Å². The maximum Gasteiger partial charge on any atom is 0.240 e. The highest BCUT2D eigenvalue weighted by Gasteiger charge is 2.32. The lowest BCUT2D eigenvalue weighted by Gasteiger charge is -2.16. The van der Waals surface area contributed by atoms with E-state index in [4.69, 9.17) is 16.9 Å². The number of benzene rings is 2. The number of nitrogens with zero attached hydrogens (tertiary/aromatic N) is 1. The first-order chi connectivity index (χ1) is 14.7. The number of amidine groups is 1. The van der Waals surface area contributed by atoms with Crippen molar-refractivity contribution in [2.24, 2.45) is 5.73 Å². The molecule has 1 aromatic heterocycles. The van der Waals surface area contributed by atoms with E-state index in [1.165, 1.54) is 11.3 Å². The van der Waals surface area contributed by atoms with Gasteiger partial charge in [0.05, 0.1) is 15.8 Å². The van der Waals surface area contributed by atoms with Crippen molar-refractivity contribution in [3.8, 4) is 0 Å². The monoisotopic (exact) mass is 457 g/mol. The van der Waals surface area contributed by atoms with E-state index in [1.807, 2.05) is 11.4 Å². The molecule has 1 saturated heterocycles. The normalized spacial score (nSPS) is 16.8. The van der Waals surface area contributed by atoms with Gasteiger partial charge in [-0.3, -0.25) is 15.5 Å². The highest BCUT2D eigenvalue weighted by Crippen LogP contribution is 2.23. The Bertz CT molecular complexity index is 1270. The van der Waals surface area contributed by atoms with E-state index in [-0.39, 0.29) is 22.5 Å². The summed E-state index contributed by atoms with van der Waals surface area (Å²) in [6.07, 6.45) is 0.534. The van der Waals surface area contributed by atoms with E-state index in [1.54, 1.807) is 41.3 Å². The molecule has 0 unspecified atom stereocenters. The zero-order chi connectivity index (χ0) is 22.2. The van der Waals surface area contributed by atoms with E-state index in [0.717, 1.165) is 16.3 Å². The molecule has 1 atom stereocenters. The van der Waals surface area contributed by atoms with Crippen molar-refractivity contribution in [2.75, 3.05) is 18.2 Å². The van der Waals surface area contributed by atoms with Gasteiger partial charge >= 0.3 is 0 Å². The molecule has 0 aliphatic carbocycles. The van der Waals surface area contributed by atoms with E-state index in [9.17, 15) is 13.2 Å². The maximum absolute atomic E-state index is 12.8. The van der Waals surface area contributed by atoms with Gasteiger partial charge < -0.3 is 16.4 Å². The summed E-state index contributed by atoms with van der Waals surface area (Å²) in [6, 6.07) is 11.5. The first-order valence-electron chi connectivity index (χ1n) is 9.69. The highest BCUT2D eigenvalue weighted by atomic mass is 32.2. The average molecular weight is 458 g/mol. The predicted octanol–water partition coefficient (Wildman–Crippen LogP) is 1.89. The van der Waals surface area contributed by atoms with Crippen LogP contribution in [0.25, 0.3) is 10.8 Å². The maximum atomic E-state index is 12.8. The average Bonchev–Trinajstić information content (AvgIpc) is 3.34. The Labute approximate surface area is 184 Å². The van der Waals surface area contributed by atoms with Crippen LogP contribution < -0.4 is 16.8 Å². The summed E-state index contributed by atoms with van der Waals surface area (Å²) in [6.45, 7) is 0.955. The standard InChI is InChI=1S/C21H23N5O3S2/c22-16-3-1-14-2-4-17(9-15(14)8-16)31(28,29)12-25-18-5-6-26(21(18)27)10-13-7-19(20(23)24)30-11-13/h1-4,7-9,11,18,25H,5-6,10,12,22H2,(H3,23,24)/t18-/m0/s1. The van der Waals surface area contributed by atoms with E-state index >= 15 is 0 Å². The lowest BCUT2D eigenvalue weighted by Crippen LogP contribution is -2.40. The minimum absolute atomic E-state index is 0.00475. The van der Waals surface area contributed by atoms with Gasteiger partial charge in [0.15, 0.2) is 9.84 Å². The van der Waals surface area contributed by atoms with Crippen LogP contribution in [0.3, 0.4) is 0 Å². The quantitative estimate of drug-likeness (QED) is 0.242. The van der Waals surface area contributed by atoms with Gasteiger partial charge in [-0.05, 0) is 58.5 Å². The number of nitrogens with two attached hydrogens (primary N) is 2. The number of likely N-dealkylation sites (tertiary alicyclic amines) is 1. The van der Waals surface area contributed by atoms with E-state index in [0.29, 0.717) is 30.1 Å². The third-order valence-corrected chi connectivity index (χ3v) is 7.84. The smallest absolute Gasteiger partial charge is 0.240 e. The Balaban J connectivity index is 1.40. The molecular formula is C21H23N5O3S2. The molecule has 2 heterocycles. The van der Waals surface area contributed by atoms with Gasteiger partial charge in [0.25, 0.3) is 0 Å². The Morgan fingerprint density at radius 1 is 1.19 bits per heavy atom. The van der Waals surface area contributed by atoms with Gasteiger partial charge in [-0.2, -0.15) is 0 Å². The van der Waals surface area contributed by atoms with Gasteiger partial charge in [-0.1, -0.05) is 12.1 Å². The summed E-state index contributed by atoms with van der Waals surface area (Å²) in [4.78, 5) is 15.3. The molecule has 1 aliphatic rings. The summed E-state index contributed by atoms with van der Waals surface area (Å²) in [5.74, 6) is -0.444. The number of hydrogen-bond donors (Lipinski definition) is 4. The summed E-state index contributed by atoms with van der Waals surface area (Å²) in [5.41, 5.74) is 12.8. The molecule has 0 bridgehead atoms. The second kappa shape index (κ2) is 8.29. The fourth-order valence-electron chi connectivity index (χ4n) is 3.64. The van der Waals surface area contributed by atoms with Crippen molar-refractivity contribution in [2.45, 2.75) is 23.9 Å². The molecule has 4 rings (SSSR count). The van der Waals surface area contributed by atoms with Gasteiger partial charge in [-0.25, -0.2) is 8.42 Å². The number of fused-ring (bicyclic) bond motifs is 1. The summed E-state index contributed by atoms with van der Waals surface area (Å²) in [7, 11) is -3.62. The Kier molecular flexibility index (Phi) is 5.69. The summed E-state index contributed by atoms with van der Waals surface area (Å²) < 4.78 is 25.6. The Hall–Kier alpha value is -2.95. The summed E-state index contributed by atoms with van der Waals surface area (Å²) >= 11 is 1.37. The molecule has 10 heteroatoms. The first kappa shape index (κ1) is 21.3. The van der Waals surface area contributed by atoms with Crippen LogP contribution in [0.15, 0.2) is 52.7 Å². The van der Waals surface area contributed by atoms with Crippen LogP contribution in [0.4, 0.5) is 5.69 Å². The second-order valence-electron chi connectivity index (χ2n) is 7.57. The molecule has 2 aromatic carbocycles. The van der Waals surface area contributed by atoms with Crippen LogP contribution in [-0.2, 0) is 21.2 Å². The number of nitrogen functional groups attached to an aromatic ring is 2. The van der Waals surface area contributed by atoms with Crippen molar-refractivity contribution < 1.29 is 13.2 Å². The van der Waals surface area contributed by atoms with Gasteiger partial charge in [-0.15, -0.1) is 11.3 Å². The molecule has 6 N–H and O–H groups in total. The first-order valence-corrected chi connectivity index (χ1v) is 12.2. The number of sulfone groups is 1. The van der Waals surface area contributed by atoms with Crippen LogP contribution in [0.1, 0.15) is 16.9 Å². The number of anilines is 1. The molecule has 1 aliphatic heterocycles. The lowest BCUT2D eigenvalue weighted by atomic mass is 10.1. The number of thiophene rings is 1. The Morgan fingerprint density at radius 3 is 2.71 bits per heavy atom. The molecule has 31 heavy (non-hydrogen) atoms. The zero-order valence-corrected chi connectivity index (χ0v) is 18.3. The van der Waals surface area contributed by atoms with Crippen molar-refractivity contribution in [1.82, 2.24) is 10.2 Å². The molecule has 8 nitrogen and oxygen atoms in total. The minimum Gasteiger partial charge on any atom is -0.399 e. The lowest BCUT2D eigenvalue weighted by molar-refractivity contribution is -0.129. The predicted molar refractivity (Wildman–Crippen MR) is 123 cm³/mol. The van der Waals surface area contributed by atoms with Crippen LogP contribution in [-0.4, -0.2) is 43.5 Å². The third kappa shape index (κ3) is 4.55. The van der Waals surface area contributed by atoms with Crippen molar-refractivity contribution >= 4 is 49.4 Å². The molecular weight excluding hydrogens is 434 g/mol. The molecule has 0 radical (unpaired) electrons. The van der Waals surface area contributed by atoms with E-state index < -0.39 is 15.9 Å². The molecule has 0 spiro atoms. The highest BCUT2D eigenvalue weighted by molar-refractivity contribution is 7.91. The van der Waals surface area contributed by atoms with Crippen molar-refractivity contribution in [1.29, 1.82) is 5.41 Å². The van der Waals surface area contributed by atoms with Crippen LogP contribution in [0.5, 0.6) is 0 Å². The van der Waals surface area contributed by atoms with Crippen LogP contribution >= 0.6 is 11.3 Å². The molecule has 0 saturated carbocycles. The van der Waals surface area contributed by atoms with Gasteiger partial charge in [0, 0.05) is 18.8 Å².